The quantitative estimate of drug-likeness (QED) is 0.553. The number of nitrogens with zero attached hydrogens (tertiary/aromatic N) is 3. The molecule has 5 nitrogen and oxygen atoms in total. The Hall–Kier alpha value is -2.35. The molecule has 156 valence electrons. The molecule has 2 aromatic carbocycles. The Morgan fingerprint density at radius 2 is 1.97 bits per heavy atom. The van der Waals surface area contributed by atoms with Crippen molar-refractivity contribution in [1.29, 1.82) is 0 Å². The Bertz CT molecular complexity index is 1020. The van der Waals surface area contributed by atoms with E-state index in [1.54, 1.807) is 11.8 Å². The van der Waals surface area contributed by atoms with E-state index in [0.29, 0.717) is 11.7 Å². The van der Waals surface area contributed by atoms with Crippen molar-refractivity contribution in [3.8, 4) is 10.6 Å². The van der Waals surface area contributed by atoms with Gasteiger partial charge in [-0.2, -0.15) is 0 Å². The molecule has 4 rings (SSSR count). The summed E-state index contributed by atoms with van der Waals surface area (Å²) in [5.41, 5.74) is 3.50. The number of nitrogens with one attached hydrogen (secondary N) is 1. The maximum absolute atomic E-state index is 12.7. The van der Waals surface area contributed by atoms with Gasteiger partial charge < -0.3 is 15.1 Å². The standard InChI is InChI=1S/C23H26N4OS2/c1-26(2)18-12-13-27(14-18)17-10-8-16(9-11-17)24-22(28)20-15-30-23(25-20)19-6-4-5-7-21(19)29-3/h4-11,15,18H,12-14H2,1-3H3,(H,24,28). The molecule has 30 heavy (non-hydrogen) atoms. The van der Waals surface area contributed by atoms with E-state index in [1.807, 2.05) is 42.0 Å². The number of hydrogen-bond donors (Lipinski definition) is 1. The third-order valence-electron chi connectivity index (χ3n) is 5.46. The number of likely N-dealkylation sites (N-methyl/N-ethyl adjacent to an activating group) is 1. The second-order valence-corrected chi connectivity index (χ2v) is 9.30. The fourth-order valence-corrected chi connectivity index (χ4v) is 5.17. The molecule has 7 heteroatoms. The molecule has 0 aliphatic carbocycles. The van der Waals surface area contributed by atoms with Crippen molar-refractivity contribution in [2.45, 2.75) is 17.4 Å². The van der Waals surface area contributed by atoms with E-state index >= 15 is 0 Å². The van der Waals surface area contributed by atoms with Crippen LogP contribution in [0.4, 0.5) is 11.4 Å². The van der Waals surface area contributed by atoms with E-state index in [0.717, 1.165) is 34.2 Å². The lowest BCUT2D eigenvalue weighted by molar-refractivity contribution is 0.102. The Morgan fingerprint density at radius 3 is 2.67 bits per heavy atom. The van der Waals surface area contributed by atoms with Gasteiger partial charge in [0.2, 0.25) is 0 Å². The lowest BCUT2D eigenvalue weighted by atomic mass is 10.2. The molecule has 1 aliphatic heterocycles. The van der Waals surface area contributed by atoms with Crippen molar-refractivity contribution in [2.24, 2.45) is 0 Å². The van der Waals surface area contributed by atoms with Crippen LogP contribution in [0.5, 0.6) is 0 Å². The number of benzene rings is 2. The van der Waals surface area contributed by atoms with E-state index in [2.05, 4.69) is 52.4 Å². The maximum atomic E-state index is 12.7. The molecule has 1 aliphatic rings. The monoisotopic (exact) mass is 438 g/mol. The highest BCUT2D eigenvalue weighted by Crippen LogP contribution is 2.32. The summed E-state index contributed by atoms with van der Waals surface area (Å²) in [7, 11) is 4.27. The molecular weight excluding hydrogens is 412 g/mol. The molecule has 0 saturated carbocycles. The van der Waals surface area contributed by atoms with Crippen molar-refractivity contribution in [3.63, 3.8) is 0 Å². The van der Waals surface area contributed by atoms with Crippen molar-refractivity contribution in [1.82, 2.24) is 9.88 Å². The van der Waals surface area contributed by atoms with Crippen LogP contribution >= 0.6 is 23.1 Å². The predicted octanol–water partition coefficient (Wildman–Crippen LogP) is 4.92. The van der Waals surface area contributed by atoms with Gasteiger partial charge in [0.15, 0.2) is 0 Å². The first kappa shape index (κ1) is 20.9. The van der Waals surface area contributed by atoms with Crippen LogP contribution in [-0.4, -0.2) is 55.3 Å². The lowest BCUT2D eigenvalue weighted by Crippen LogP contribution is -2.31. The first-order valence-corrected chi connectivity index (χ1v) is 12.1. The zero-order chi connectivity index (χ0) is 21.1. The summed E-state index contributed by atoms with van der Waals surface area (Å²) in [6, 6.07) is 16.8. The van der Waals surface area contributed by atoms with Gasteiger partial charge in [-0.1, -0.05) is 18.2 Å². The van der Waals surface area contributed by atoms with Gasteiger partial charge in [0.25, 0.3) is 5.91 Å². The smallest absolute Gasteiger partial charge is 0.275 e. The highest BCUT2D eigenvalue weighted by molar-refractivity contribution is 7.98. The highest BCUT2D eigenvalue weighted by Gasteiger charge is 2.24. The number of anilines is 2. The van der Waals surface area contributed by atoms with E-state index in [1.165, 1.54) is 23.4 Å². The first-order valence-electron chi connectivity index (χ1n) is 9.97. The number of carbonyl (C=O) groups is 1. The van der Waals surface area contributed by atoms with Gasteiger partial charge in [0, 0.05) is 46.3 Å². The van der Waals surface area contributed by atoms with Crippen LogP contribution in [0.2, 0.25) is 0 Å². The van der Waals surface area contributed by atoms with Gasteiger partial charge in [-0.25, -0.2) is 4.98 Å². The van der Waals surface area contributed by atoms with E-state index in [9.17, 15) is 4.79 Å². The molecule has 1 N–H and O–H groups in total. The minimum Gasteiger partial charge on any atom is -0.370 e. The second kappa shape index (κ2) is 9.20. The molecular formula is C23H26N4OS2. The summed E-state index contributed by atoms with van der Waals surface area (Å²) in [6.07, 6.45) is 3.23. The van der Waals surface area contributed by atoms with Crippen molar-refractivity contribution >= 4 is 40.4 Å². The van der Waals surface area contributed by atoms with Gasteiger partial charge in [0.1, 0.15) is 10.7 Å². The van der Waals surface area contributed by atoms with Gasteiger partial charge in [0.05, 0.1) is 0 Å². The Kier molecular flexibility index (Phi) is 6.41. The molecule has 1 aromatic heterocycles. The van der Waals surface area contributed by atoms with Crippen LogP contribution < -0.4 is 10.2 Å². The number of rotatable bonds is 6. The summed E-state index contributed by atoms with van der Waals surface area (Å²) in [5.74, 6) is -0.180. The summed E-state index contributed by atoms with van der Waals surface area (Å²) >= 11 is 3.18. The minimum absolute atomic E-state index is 0.180. The molecule has 0 bridgehead atoms. The number of aromatic nitrogens is 1. The second-order valence-electron chi connectivity index (χ2n) is 7.59. The van der Waals surface area contributed by atoms with E-state index in [4.69, 9.17) is 0 Å². The average Bonchev–Trinajstić information content (AvgIpc) is 3.44. The van der Waals surface area contributed by atoms with Gasteiger partial charge in [-0.05, 0) is 57.1 Å². The van der Waals surface area contributed by atoms with Crippen LogP contribution in [0, 0.1) is 0 Å². The summed E-state index contributed by atoms with van der Waals surface area (Å²) in [5, 5.41) is 5.66. The average molecular weight is 439 g/mol. The molecule has 2 heterocycles. The van der Waals surface area contributed by atoms with Gasteiger partial charge >= 0.3 is 0 Å². The molecule has 1 fully saturated rings. The number of thioether (sulfide) groups is 1. The molecule has 0 radical (unpaired) electrons. The largest absolute Gasteiger partial charge is 0.370 e. The van der Waals surface area contributed by atoms with Crippen LogP contribution in [-0.2, 0) is 0 Å². The van der Waals surface area contributed by atoms with Crippen molar-refractivity contribution < 1.29 is 4.79 Å². The number of thiazole rings is 1. The zero-order valence-electron chi connectivity index (χ0n) is 17.5. The molecule has 1 saturated heterocycles. The Morgan fingerprint density at radius 1 is 1.20 bits per heavy atom. The SMILES string of the molecule is CSc1ccccc1-c1nc(C(=O)Nc2ccc(N3CCC(N(C)C)C3)cc2)cs1. The maximum Gasteiger partial charge on any atom is 0.275 e. The Labute approximate surface area is 186 Å². The molecule has 1 amide bonds. The van der Waals surface area contributed by atoms with Crippen LogP contribution in [0.15, 0.2) is 58.8 Å². The fraction of sp³-hybridized carbons (Fsp3) is 0.304. The third-order valence-corrected chi connectivity index (χ3v) is 7.13. The van der Waals surface area contributed by atoms with Crippen LogP contribution in [0.25, 0.3) is 10.6 Å². The summed E-state index contributed by atoms with van der Waals surface area (Å²) in [6.45, 7) is 2.10. The van der Waals surface area contributed by atoms with E-state index in [-0.39, 0.29) is 5.91 Å². The third kappa shape index (κ3) is 4.53. The number of hydrogen-bond acceptors (Lipinski definition) is 6. The fourth-order valence-electron chi connectivity index (χ4n) is 3.67. The molecule has 0 spiro atoms. The van der Waals surface area contributed by atoms with Crippen molar-refractivity contribution in [3.05, 3.63) is 59.6 Å². The van der Waals surface area contributed by atoms with Crippen molar-refractivity contribution in [2.75, 3.05) is 43.7 Å². The normalized spacial score (nSPS) is 16.3. The minimum atomic E-state index is -0.180. The van der Waals surface area contributed by atoms with Crippen LogP contribution in [0.1, 0.15) is 16.9 Å². The Balaban J connectivity index is 1.42. The number of amides is 1. The number of carbonyl (C=O) groups excluding carboxylic acids is 1. The summed E-state index contributed by atoms with van der Waals surface area (Å²) < 4.78 is 0. The van der Waals surface area contributed by atoms with E-state index < -0.39 is 0 Å². The molecule has 1 unspecified atom stereocenters. The van der Waals surface area contributed by atoms with Gasteiger partial charge in [-0.15, -0.1) is 23.1 Å². The molecule has 3 aromatic rings. The molecule has 1 atom stereocenters. The zero-order valence-corrected chi connectivity index (χ0v) is 19.1. The van der Waals surface area contributed by atoms with Crippen LogP contribution in [0.3, 0.4) is 0 Å². The predicted molar refractivity (Wildman–Crippen MR) is 128 cm³/mol. The highest BCUT2D eigenvalue weighted by atomic mass is 32.2. The van der Waals surface area contributed by atoms with Gasteiger partial charge in [-0.3, -0.25) is 4.79 Å². The topological polar surface area (TPSA) is 48.5 Å². The lowest BCUT2D eigenvalue weighted by Gasteiger charge is -2.22. The first-order chi connectivity index (χ1) is 14.5. The summed E-state index contributed by atoms with van der Waals surface area (Å²) in [4.78, 5) is 23.1.